The Morgan fingerprint density at radius 2 is 0.958 bits per heavy atom. The van der Waals surface area contributed by atoms with Gasteiger partial charge in [-0.05, 0) is 103 Å². The van der Waals surface area contributed by atoms with Crippen molar-refractivity contribution in [3.8, 4) is 0 Å². The first-order valence-corrected chi connectivity index (χ1v) is 10.7. The van der Waals surface area contributed by atoms with Crippen LogP contribution in [0.5, 0.6) is 0 Å². The molecule has 4 N–H and O–H groups in total. The van der Waals surface area contributed by atoms with Gasteiger partial charge in [0.15, 0.2) is 0 Å². The minimum atomic E-state index is 0. The summed E-state index contributed by atoms with van der Waals surface area (Å²) in [7, 11) is 0. The van der Waals surface area contributed by atoms with Crippen molar-refractivity contribution in [3.05, 3.63) is 0 Å². The first-order valence-electron chi connectivity index (χ1n) is 10.7. The predicted molar refractivity (Wildman–Crippen MR) is 117 cm³/mol. The van der Waals surface area contributed by atoms with Gasteiger partial charge in [0.1, 0.15) is 0 Å². The van der Waals surface area contributed by atoms with Crippen LogP contribution in [0.2, 0.25) is 0 Å². The molecule has 0 spiro atoms. The van der Waals surface area contributed by atoms with Gasteiger partial charge >= 0.3 is 0 Å². The zero-order valence-electron chi connectivity index (χ0n) is 17.1. The minimum Gasteiger partial charge on any atom is -0.317 e. The Morgan fingerprint density at radius 1 is 0.625 bits per heavy atom. The monoisotopic (exact) mass is 350 g/mol. The number of hydrogen-bond acceptors (Lipinski definition) is 4. The van der Waals surface area contributed by atoms with E-state index >= 15 is 0 Å². The maximum Gasteiger partial charge on any atom is 0 e. The highest BCUT2D eigenvalue weighted by Crippen LogP contribution is 2.33. The van der Waals surface area contributed by atoms with Crippen LogP contribution in [0.15, 0.2) is 0 Å². The Morgan fingerprint density at radius 3 is 1.25 bits per heavy atom. The summed E-state index contributed by atoms with van der Waals surface area (Å²) in [6.45, 7) is 17.7. The smallest absolute Gasteiger partial charge is 0 e. The molecule has 0 saturated heterocycles. The summed E-state index contributed by atoms with van der Waals surface area (Å²) >= 11 is 0. The van der Waals surface area contributed by atoms with Gasteiger partial charge in [0.2, 0.25) is 0 Å². The Balaban J connectivity index is -0.000000284. The van der Waals surface area contributed by atoms with E-state index in [1.54, 1.807) is 0 Å². The van der Waals surface area contributed by atoms with Crippen molar-refractivity contribution in [1.29, 1.82) is 0 Å². The molecule has 1 aliphatic carbocycles. The fourth-order valence-corrected chi connectivity index (χ4v) is 3.10. The normalized spacial score (nSPS) is 19.5. The Bertz CT molecular complexity index is 228. The van der Waals surface area contributed by atoms with Crippen LogP contribution in [0.3, 0.4) is 0 Å². The minimum absolute atomic E-state index is 0. The van der Waals surface area contributed by atoms with Crippen LogP contribution in [-0.4, -0.2) is 52.4 Å². The van der Waals surface area contributed by atoms with Crippen molar-refractivity contribution >= 4 is 0 Å². The summed E-state index contributed by atoms with van der Waals surface area (Å²) in [6.07, 6.45) is 8.05. The Kier molecular flexibility index (Phi) is 19.0. The molecule has 0 bridgehead atoms. The summed E-state index contributed by atoms with van der Waals surface area (Å²) in [5, 5.41) is 14.1. The highest BCUT2D eigenvalue weighted by molar-refractivity contribution is 4.83. The maximum absolute atomic E-state index is 3.66. The van der Waals surface area contributed by atoms with Gasteiger partial charge in [0.05, 0.1) is 0 Å². The summed E-state index contributed by atoms with van der Waals surface area (Å²) in [6, 6.07) is 0. The third-order valence-electron chi connectivity index (χ3n) is 4.80. The van der Waals surface area contributed by atoms with Gasteiger partial charge in [-0.15, -0.1) is 0 Å². The molecule has 1 saturated carbocycles. The second kappa shape index (κ2) is 19.2. The number of rotatable bonds is 16. The van der Waals surface area contributed by atoms with E-state index in [-0.39, 0.29) is 5.71 Å². The largest absolute Gasteiger partial charge is 0.317 e. The molecule has 154 valence electrons. The molecule has 4 nitrogen and oxygen atoms in total. The molecule has 0 aromatic heterocycles. The molecule has 2 unspecified atom stereocenters. The summed E-state index contributed by atoms with van der Waals surface area (Å²) in [5.41, 5.74) is 0. The lowest BCUT2D eigenvalue weighted by Gasteiger charge is -2.37. The van der Waals surface area contributed by atoms with Gasteiger partial charge in [0, 0.05) is 5.71 Å². The van der Waals surface area contributed by atoms with Gasteiger partial charge in [0.25, 0.3) is 0 Å². The van der Waals surface area contributed by atoms with Gasteiger partial charge in [-0.3, -0.25) is 0 Å². The van der Waals surface area contributed by atoms with Crippen LogP contribution in [0.1, 0.15) is 71.9 Å². The van der Waals surface area contributed by atoms with Crippen LogP contribution >= 0.6 is 0 Å². The van der Waals surface area contributed by atoms with Gasteiger partial charge in [-0.25, -0.2) is 0 Å². The first kappa shape index (κ1) is 23.8. The highest BCUT2D eigenvalue weighted by Gasteiger charge is 2.29. The van der Waals surface area contributed by atoms with Crippen molar-refractivity contribution in [2.75, 3.05) is 52.4 Å². The third-order valence-corrected chi connectivity index (χ3v) is 4.80. The Labute approximate surface area is 158 Å². The van der Waals surface area contributed by atoms with Crippen LogP contribution in [-0.2, 0) is 0 Å². The van der Waals surface area contributed by atoms with E-state index in [4.69, 9.17) is 0 Å². The molecule has 1 fully saturated rings. The fourth-order valence-electron chi connectivity index (χ4n) is 3.10. The van der Waals surface area contributed by atoms with Crippen LogP contribution in [0, 0.1) is 11.8 Å². The molecule has 0 aromatic carbocycles. The lowest BCUT2D eigenvalue weighted by molar-refractivity contribution is 0.167. The second-order valence-electron chi connectivity index (χ2n) is 6.63. The van der Waals surface area contributed by atoms with E-state index in [9.17, 15) is 0 Å². The number of nitrogens with one attached hydrogen (secondary N) is 4. The average molecular weight is 351 g/mol. The van der Waals surface area contributed by atoms with E-state index in [1.165, 1.54) is 77.8 Å². The van der Waals surface area contributed by atoms with Crippen LogP contribution in [0.4, 0.5) is 0 Å². The number of hydrogen-bond donors (Lipinski definition) is 4. The van der Waals surface area contributed by atoms with Crippen LogP contribution < -0.4 is 21.3 Å². The molecule has 4 heteroatoms. The third kappa shape index (κ3) is 13.2. The summed E-state index contributed by atoms with van der Waals surface area (Å²) in [4.78, 5) is 0. The summed E-state index contributed by atoms with van der Waals surface area (Å²) < 4.78 is 0. The molecule has 0 amide bonds. The lowest BCUT2D eigenvalue weighted by Crippen LogP contribution is -2.41. The standard InChI is InChI=1S/C18H40N4.C2H6.4H2/c1-3-19-11-5-7-13-21-15-17-9-10-18(17)16-22-14-8-6-12-20-4-2;1-2;;;;/h17-22H,3-16H2,1-2H3;1-2H3;4*1H. The van der Waals surface area contributed by atoms with E-state index in [2.05, 4.69) is 35.1 Å². The SMILES string of the molecule is CC.CCNCCCCNCC1CCC1CNCCCCNCC.[HH].[HH].[HH].[HH]. The second-order valence-corrected chi connectivity index (χ2v) is 6.63. The molecular formula is C20H54N4. The number of unbranched alkanes of at least 4 members (excludes halogenated alkanes) is 2. The molecular weight excluding hydrogens is 296 g/mol. The van der Waals surface area contributed by atoms with E-state index in [1.807, 2.05) is 13.8 Å². The lowest BCUT2D eigenvalue weighted by atomic mass is 9.73. The van der Waals surface area contributed by atoms with Crippen molar-refractivity contribution in [2.24, 2.45) is 11.8 Å². The van der Waals surface area contributed by atoms with E-state index in [0.29, 0.717) is 0 Å². The molecule has 0 aromatic rings. The van der Waals surface area contributed by atoms with Crippen molar-refractivity contribution in [1.82, 2.24) is 21.3 Å². The first-order chi connectivity index (χ1) is 11.9. The molecule has 1 rings (SSSR count). The topological polar surface area (TPSA) is 48.1 Å². The maximum atomic E-state index is 3.66. The van der Waals surface area contributed by atoms with Gasteiger partial charge in [-0.2, -0.15) is 0 Å². The van der Waals surface area contributed by atoms with Crippen molar-refractivity contribution in [3.63, 3.8) is 0 Å². The zero-order chi connectivity index (χ0) is 17.9. The van der Waals surface area contributed by atoms with Crippen LogP contribution in [0.25, 0.3) is 0 Å². The molecule has 0 aliphatic heterocycles. The molecule has 0 radical (unpaired) electrons. The van der Waals surface area contributed by atoms with Gasteiger partial charge in [-0.1, -0.05) is 27.7 Å². The molecule has 2 atom stereocenters. The summed E-state index contributed by atoms with van der Waals surface area (Å²) in [5.74, 6) is 1.84. The highest BCUT2D eigenvalue weighted by atomic mass is 14.9. The predicted octanol–water partition coefficient (Wildman–Crippen LogP) is 3.98. The Hall–Kier alpha value is -0.160. The molecule has 1 aliphatic rings. The zero-order valence-corrected chi connectivity index (χ0v) is 17.1. The van der Waals surface area contributed by atoms with E-state index < -0.39 is 0 Å². The molecule has 24 heavy (non-hydrogen) atoms. The van der Waals surface area contributed by atoms with E-state index in [0.717, 1.165) is 24.9 Å². The fraction of sp³-hybridized carbons (Fsp3) is 1.00. The quantitative estimate of drug-likeness (QED) is 0.318. The molecule has 0 heterocycles. The average Bonchev–Trinajstić information content (AvgIpc) is 2.60. The van der Waals surface area contributed by atoms with Crippen molar-refractivity contribution < 1.29 is 5.71 Å². The van der Waals surface area contributed by atoms with Crippen molar-refractivity contribution in [2.45, 2.75) is 66.2 Å². The van der Waals surface area contributed by atoms with Gasteiger partial charge < -0.3 is 21.3 Å².